The number of aliphatic hydroxyl groups is 12. The molecule has 48 heavy (non-hydrogen) atoms. The van der Waals surface area contributed by atoms with Gasteiger partial charge in [-0.3, -0.25) is 4.52 Å². The van der Waals surface area contributed by atoms with E-state index in [1.807, 2.05) is 0 Å². The van der Waals surface area contributed by atoms with E-state index in [2.05, 4.69) is 9.84 Å². The Bertz CT molecular complexity index is 1130. The number of phosphoric ester groups is 1. The molecule has 0 bridgehead atoms. The summed E-state index contributed by atoms with van der Waals surface area (Å²) in [5.41, 5.74) is -0.206. The number of aliphatic hydroxyl groups excluding tert-OH is 12. The molecule has 4 aliphatic rings. The van der Waals surface area contributed by atoms with Crippen LogP contribution >= 0.6 is 7.82 Å². The molecule has 0 saturated carbocycles. The summed E-state index contributed by atoms with van der Waals surface area (Å²) in [6.07, 6.45) is -28.1. The van der Waals surface area contributed by atoms with Crippen LogP contribution in [0.5, 0.6) is 0 Å². The fourth-order valence-corrected chi connectivity index (χ4v) is 6.28. The van der Waals surface area contributed by atoms with Gasteiger partial charge in [0.25, 0.3) is 0 Å². The third-order valence-corrected chi connectivity index (χ3v) is 9.16. The second-order valence-corrected chi connectivity index (χ2v) is 13.2. The lowest BCUT2D eigenvalue weighted by Gasteiger charge is -2.48. The maximum absolute atomic E-state index is 11.1. The van der Waals surface area contributed by atoms with Crippen LogP contribution in [-0.4, -0.2) is 207 Å². The molecule has 0 amide bonds. The van der Waals surface area contributed by atoms with Crippen LogP contribution in [0.15, 0.2) is 11.6 Å². The van der Waals surface area contributed by atoms with Gasteiger partial charge in [-0.1, -0.05) is 6.08 Å². The van der Waals surface area contributed by atoms with Crippen LogP contribution in [0.1, 0.15) is 6.92 Å². The molecule has 280 valence electrons. The molecule has 3 saturated heterocycles. The van der Waals surface area contributed by atoms with Crippen molar-refractivity contribution in [2.45, 2.75) is 123 Å². The van der Waals surface area contributed by atoms with E-state index in [1.165, 1.54) is 6.92 Å². The fourth-order valence-electron chi connectivity index (χ4n) is 5.96. The maximum Gasteiger partial charge on any atom is 0.469 e. The van der Waals surface area contributed by atoms with Crippen molar-refractivity contribution < 1.29 is 104 Å². The Kier molecular flexibility index (Phi) is 13.5. The van der Waals surface area contributed by atoms with Crippen molar-refractivity contribution in [3.8, 4) is 0 Å². The summed E-state index contributed by atoms with van der Waals surface area (Å²) in [5, 5.41) is 127. The first-order chi connectivity index (χ1) is 22.4. The van der Waals surface area contributed by atoms with E-state index in [9.17, 15) is 65.8 Å². The highest BCUT2D eigenvalue weighted by Crippen LogP contribution is 2.38. The van der Waals surface area contributed by atoms with Gasteiger partial charge in [-0.25, -0.2) is 4.57 Å². The zero-order valence-electron chi connectivity index (χ0n) is 25.2. The smallest absolute Gasteiger partial charge is 0.394 e. The minimum atomic E-state index is -4.97. The quantitative estimate of drug-likeness (QED) is 0.0694. The Morgan fingerprint density at radius 3 is 1.79 bits per heavy atom. The summed E-state index contributed by atoms with van der Waals surface area (Å²) in [5.74, 6) is 0. The molecule has 0 aromatic rings. The molecule has 15 N–H and O–H groups in total. The standard InChI is InChI=1S/C25H44NO21P/c1-6-11(26-8-2-7(5-42-48(39,40)41)12(29)15(32)13(8)30)14(31)19(36)24(43-6)46-22-10(4-28)45-25(20(37)17(22)34)47-21-9(3-27)44-23(38)18(35)16(21)33/h2,6,8-38H,3-5H2,1H3,(H2,39,40,41)/t6-,8+,9-,10-,11-,12-,13+,14+,15+,16-,17-,18-,19-,20-,21-,22-,23?,24-,25-/m1/s1. The summed E-state index contributed by atoms with van der Waals surface area (Å²) in [6.45, 7) is -1.09. The van der Waals surface area contributed by atoms with Crippen LogP contribution in [0.25, 0.3) is 0 Å². The highest BCUT2D eigenvalue weighted by atomic mass is 31.2. The van der Waals surface area contributed by atoms with Crippen LogP contribution < -0.4 is 5.32 Å². The first-order valence-corrected chi connectivity index (χ1v) is 16.4. The molecule has 0 aromatic carbocycles. The normalized spacial score (nSPS) is 49.1. The second-order valence-electron chi connectivity index (χ2n) is 12.0. The summed E-state index contributed by atoms with van der Waals surface area (Å²) in [4.78, 5) is 18.0. The predicted molar refractivity (Wildman–Crippen MR) is 149 cm³/mol. The minimum absolute atomic E-state index is 0.206. The Labute approximate surface area is 272 Å². The molecule has 3 fully saturated rings. The van der Waals surface area contributed by atoms with Crippen LogP contribution in [0.3, 0.4) is 0 Å². The molecule has 1 unspecified atom stereocenters. The zero-order chi connectivity index (χ0) is 35.8. The van der Waals surface area contributed by atoms with E-state index in [-0.39, 0.29) is 5.57 Å². The zero-order valence-corrected chi connectivity index (χ0v) is 26.1. The Morgan fingerprint density at radius 1 is 0.708 bits per heavy atom. The average molecular weight is 726 g/mol. The third kappa shape index (κ3) is 8.59. The number of phosphoric acid groups is 1. The van der Waals surface area contributed by atoms with Gasteiger partial charge in [0.15, 0.2) is 18.9 Å². The van der Waals surface area contributed by atoms with E-state index in [0.29, 0.717) is 0 Å². The van der Waals surface area contributed by atoms with Gasteiger partial charge in [-0.2, -0.15) is 0 Å². The largest absolute Gasteiger partial charge is 0.469 e. The molecule has 1 aliphatic carbocycles. The molecule has 4 rings (SSSR count). The molecule has 0 aromatic heterocycles. The SMILES string of the molecule is C[C@H]1O[C@H](O[C@H]2[C@H](O)[C@@H](O)[C@@H](O[C@H]3[C@H](O)[C@@H](O)C(O)O[C@@H]3CO)O[C@@H]2CO)[C@H](O)[C@@H](O)[C@@H]1N[C@H]1C=C(COP(=O)(O)O)[C@@H](O)[C@H](O)[C@H]1O. The van der Waals surface area contributed by atoms with Crippen molar-refractivity contribution in [1.29, 1.82) is 0 Å². The fraction of sp³-hybridized carbons (Fsp3) is 0.920. The Balaban J connectivity index is 1.42. The van der Waals surface area contributed by atoms with Gasteiger partial charge in [-0.05, 0) is 12.5 Å². The van der Waals surface area contributed by atoms with Crippen molar-refractivity contribution in [3.05, 3.63) is 11.6 Å². The molecule has 22 nitrogen and oxygen atoms in total. The van der Waals surface area contributed by atoms with Crippen molar-refractivity contribution in [3.63, 3.8) is 0 Å². The molecule has 3 heterocycles. The lowest BCUT2D eigenvalue weighted by atomic mass is 9.86. The van der Waals surface area contributed by atoms with E-state index in [1.54, 1.807) is 0 Å². The van der Waals surface area contributed by atoms with Gasteiger partial charge >= 0.3 is 7.82 Å². The summed E-state index contributed by atoms with van der Waals surface area (Å²) < 4.78 is 42.8. The van der Waals surface area contributed by atoms with E-state index < -0.39 is 144 Å². The van der Waals surface area contributed by atoms with Crippen LogP contribution in [-0.2, 0) is 32.8 Å². The number of ether oxygens (including phenoxy) is 5. The van der Waals surface area contributed by atoms with Crippen molar-refractivity contribution in [2.75, 3.05) is 19.8 Å². The summed E-state index contributed by atoms with van der Waals surface area (Å²) in [7, 11) is -4.97. The minimum Gasteiger partial charge on any atom is -0.394 e. The topological polar surface area (TPSA) is 368 Å². The van der Waals surface area contributed by atoms with Crippen molar-refractivity contribution >= 4 is 7.82 Å². The first kappa shape index (κ1) is 39.9. The number of rotatable bonds is 11. The van der Waals surface area contributed by atoms with Crippen LogP contribution in [0.4, 0.5) is 0 Å². The molecular weight excluding hydrogens is 681 g/mol. The molecule has 19 atom stereocenters. The van der Waals surface area contributed by atoms with Gasteiger partial charge in [0.1, 0.15) is 79.4 Å². The van der Waals surface area contributed by atoms with Crippen LogP contribution in [0, 0.1) is 0 Å². The average Bonchev–Trinajstić information content (AvgIpc) is 3.03. The molecule has 0 radical (unpaired) electrons. The van der Waals surface area contributed by atoms with Gasteiger partial charge in [-0.15, -0.1) is 0 Å². The van der Waals surface area contributed by atoms with Gasteiger partial charge < -0.3 is 100 Å². The van der Waals surface area contributed by atoms with E-state index >= 15 is 0 Å². The third-order valence-electron chi connectivity index (χ3n) is 8.69. The first-order valence-electron chi connectivity index (χ1n) is 14.9. The number of hydrogen-bond acceptors (Lipinski definition) is 20. The maximum atomic E-state index is 11.1. The molecule has 0 spiro atoms. The van der Waals surface area contributed by atoms with Gasteiger partial charge in [0, 0.05) is 0 Å². The summed E-state index contributed by atoms with van der Waals surface area (Å²) >= 11 is 0. The number of nitrogens with one attached hydrogen (secondary N) is 1. The van der Waals surface area contributed by atoms with E-state index in [4.69, 9.17) is 33.5 Å². The monoisotopic (exact) mass is 725 g/mol. The highest BCUT2D eigenvalue weighted by Gasteiger charge is 2.53. The van der Waals surface area contributed by atoms with E-state index in [0.717, 1.165) is 6.08 Å². The van der Waals surface area contributed by atoms with Crippen molar-refractivity contribution in [2.24, 2.45) is 0 Å². The Morgan fingerprint density at radius 2 is 1.23 bits per heavy atom. The lowest BCUT2D eigenvalue weighted by Crippen LogP contribution is -2.68. The van der Waals surface area contributed by atoms with Gasteiger partial charge in [0.05, 0.1) is 38.0 Å². The molecule has 23 heteroatoms. The highest BCUT2D eigenvalue weighted by molar-refractivity contribution is 7.46. The van der Waals surface area contributed by atoms with Gasteiger partial charge in [0.2, 0.25) is 0 Å². The number of hydrogen-bond donors (Lipinski definition) is 15. The van der Waals surface area contributed by atoms with Crippen molar-refractivity contribution in [1.82, 2.24) is 5.32 Å². The summed E-state index contributed by atoms with van der Waals surface area (Å²) in [6, 6.07) is -2.49. The lowest BCUT2D eigenvalue weighted by molar-refractivity contribution is -0.373. The second kappa shape index (κ2) is 16.2. The molecule has 3 aliphatic heterocycles. The molecular formula is C25H44NO21P. The predicted octanol–water partition coefficient (Wildman–Crippen LogP) is -8.45. The Hall–Kier alpha value is -0.870. The van der Waals surface area contributed by atoms with Crippen LogP contribution in [0.2, 0.25) is 0 Å².